The highest BCUT2D eigenvalue weighted by molar-refractivity contribution is 7.99. The van der Waals surface area contributed by atoms with E-state index in [1.165, 1.54) is 37.2 Å². The van der Waals surface area contributed by atoms with Crippen molar-refractivity contribution >= 4 is 17.7 Å². The first-order valence-electron chi connectivity index (χ1n) is 8.74. The molecule has 2 aliphatic heterocycles. The lowest BCUT2D eigenvalue weighted by Gasteiger charge is -2.40. The molecule has 124 valence electrons. The SMILES string of the molecule is O=C(c1cnc(C2CC2)nc1)N1CCN(C2CCSCC2)CC1. The van der Waals surface area contributed by atoms with E-state index in [1.807, 2.05) is 4.90 Å². The van der Waals surface area contributed by atoms with E-state index in [-0.39, 0.29) is 5.91 Å². The standard InChI is InChI=1S/C17H24N4OS/c22-17(14-11-18-16(19-12-14)13-1-2-13)21-7-5-20(6-8-21)15-3-9-23-10-4-15/h11-13,15H,1-10H2. The highest BCUT2D eigenvalue weighted by Crippen LogP contribution is 2.37. The Labute approximate surface area is 141 Å². The van der Waals surface area contributed by atoms with Crippen LogP contribution in [0.3, 0.4) is 0 Å². The molecule has 6 heteroatoms. The molecule has 3 fully saturated rings. The molecule has 3 aliphatic rings. The first-order chi connectivity index (χ1) is 11.3. The molecule has 0 aromatic carbocycles. The molecule has 0 bridgehead atoms. The maximum atomic E-state index is 12.6. The van der Waals surface area contributed by atoms with Crippen LogP contribution in [-0.2, 0) is 0 Å². The van der Waals surface area contributed by atoms with Gasteiger partial charge in [0.2, 0.25) is 0 Å². The number of carbonyl (C=O) groups is 1. The summed E-state index contributed by atoms with van der Waals surface area (Å²) in [5, 5.41) is 0. The van der Waals surface area contributed by atoms with Gasteiger partial charge in [-0.25, -0.2) is 9.97 Å². The van der Waals surface area contributed by atoms with E-state index in [9.17, 15) is 4.79 Å². The van der Waals surface area contributed by atoms with Crippen LogP contribution < -0.4 is 0 Å². The minimum absolute atomic E-state index is 0.0891. The van der Waals surface area contributed by atoms with Gasteiger partial charge in [0.25, 0.3) is 5.91 Å². The highest BCUT2D eigenvalue weighted by atomic mass is 32.2. The third-order valence-corrected chi connectivity index (χ3v) is 6.22. The third kappa shape index (κ3) is 3.53. The van der Waals surface area contributed by atoms with Crippen molar-refractivity contribution in [2.24, 2.45) is 0 Å². The Morgan fingerprint density at radius 2 is 1.65 bits per heavy atom. The molecule has 4 rings (SSSR count). The van der Waals surface area contributed by atoms with E-state index in [0.29, 0.717) is 11.5 Å². The summed E-state index contributed by atoms with van der Waals surface area (Å²) in [6.07, 6.45) is 8.41. The highest BCUT2D eigenvalue weighted by Gasteiger charge is 2.29. The summed E-state index contributed by atoms with van der Waals surface area (Å²) >= 11 is 2.07. The number of hydrogen-bond donors (Lipinski definition) is 0. The van der Waals surface area contributed by atoms with Crippen molar-refractivity contribution in [1.82, 2.24) is 19.8 Å². The summed E-state index contributed by atoms with van der Waals surface area (Å²) < 4.78 is 0. The Morgan fingerprint density at radius 3 is 2.26 bits per heavy atom. The van der Waals surface area contributed by atoms with Gasteiger partial charge in [-0.3, -0.25) is 9.69 Å². The number of amides is 1. The van der Waals surface area contributed by atoms with Gasteiger partial charge in [-0.1, -0.05) is 0 Å². The van der Waals surface area contributed by atoms with Crippen LogP contribution in [0, 0.1) is 0 Å². The number of nitrogens with zero attached hydrogens (tertiary/aromatic N) is 4. The van der Waals surface area contributed by atoms with Gasteiger partial charge in [0, 0.05) is 50.5 Å². The zero-order chi connectivity index (χ0) is 15.6. The van der Waals surface area contributed by atoms with Gasteiger partial charge in [0.05, 0.1) is 5.56 Å². The number of thioether (sulfide) groups is 1. The zero-order valence-corrected chi connectivity index (χ0v) is 14.3. The topological polar surface area (TPSA) is 49.3 Å². The van der Waals surface area contributed by atoms with Gasteiger partial charge in [-0.2, -0.15) is 11.8 Å². The largest absolute Gasteiger partial charge is 0.336 e. The number of rotatable bonds is 3. The monoisotopic (exact) mass is 332 g/mol. The quantitative estimate of drug-likeness (QED) is 0.847. The molecule has 0 unspecified atom stereocenters. The van der Waals surface area contributed by atoms with Crippen LogP contribution in [-0.4, -0.2) is 69.4 Å². The molecule has 1 aromatic heterocycles. The fraction of sp³-hybridized carbons (Fsp3) is 0.706. The van der Waals surface area contributed by atoms with Crippen LogP contribution in [0.2, 0.25) is 0 Å². The van der Waals surface area contributed by atoms with Gasteiger partial charge in [-0.15, -0.1) is 0 Å². The molecule has 1 aromatic rings. The van der Waals surface area contributed by atoms with Gasteiger partial charge in [-0.05, 0) is 37.2 Å². The van der Waals surface area contributed by atoms with Crippen molar-refractivity contribution in [3.63, 3.8) is 0 Å². The third-order valence-electron chi connectivity index (χ3n) is 5.17. The first kappa shape index (κ1) is 15.4. The molecule has 3 heterocycles. The molecule has 23 heavy (non-hydrogen) atoms. The Kier molecular flexibility index (Phi) is 4.53. The van der Waals surface area contributed by atoms with Crippen LogP contribution in [0.1, 0.15) is 47.8 Å². The summed E-state index contributed by atoms with van der Waals surface area (Å²) in [6, 6.07) is 0.731. The molecule has 1 amide bonds. The van der Waals surface area contributed by atoms with Gasteiger partial charge >= 0.3 is 0 Å². The second kappa shape index (κ2) is 6.77. The summed E-state index contributed by atoms with van der Waals surface area (Å²) in [5.74, 6) is 4.10. The van der Waals surface area contributed by atoms with Crippen molar-refractivity contribution in [2.75, 3.05) is 37.7 Å². The Hall–Kier alpha value is -1.14. The molecule has 5 nitrogen and oxygen atoms in total. The molecule has 0 N–H and O–H groups in total. The van der Waals surface area contributed by atoms with E-state index in [4.69, 9.17) is 0 Å². The van der Waals surface area contributed by atoms with E-state index >= 15 is 0 Å². The number of carbonyl (C=O) groups excluding carboxylic acids is 1. The predicted octanol–water partition coefficient (Wildman–Crippen LogP) is 2.01. The minimum Gasteiger partial charge on any atom is -0.336 e. The summed E-state index contributed by atoms with van der Waals surface area (Å²) in [5.41, 5.74) is 0.636. The lowest BCUT2D eigenvalue weighted by atomic mass is 10.1. The minimum atomic E-state index is 0.0891. The lowest BCUT2D eigenvalue weighted by Crippen LogP contribution is -2.52. The van der Waals surface area contributed by atoms with Crippen molar-refractivity contribution in [3.8, 4) is 0 Å². The van der Waals surface area contributed by atoms with Crippen molar-refractivity contribution in [3.05, 3.63) is 23.8 Å². The first-order valence-corrected chi connectivity index (χ1v) is 9.90. The predicted molar refractivity (Wildman–Crippen MR) is 91.8 cm³/mol. The molecule has 1 saturated carbocycles. The number of hydrogen-bond acceptors (Lipinski definition) is 5. The second-order valence-electron chi connectivity index (χ2n) is 6.78. The molecule has 2 saturated heterocycles. The van der Waals surface area contributed by atoms with E-state index in [1.54, 1.807) is 12.4 Å². The Balaban J connectivity index is 1.32. The molecule has 0 atom stereocenters. The fourth-order valence-electron chi connectivity index (χ4n) is 3.52. The number of piperazine rings is 1. The lowest BCUT2D eigenvalue weighted by molar-refractivity contribution is 0.0558. The van der Waals surface area contributed by atoms with Crippen LogP contribution in [0.5, 0.6) is 0 Å². The molecule has 1 aliphatic carbocycles. The average molecular weight is 332 g/mol. The van der Waals surface area contributed by atoms with Crippen LogP contribution >= 0.6 is 11.8 Å². The fourth-order valence-corrected chi connectivity index (χ4v) is 4.61. The molecular weight excluding hydrogens is 308 g/mol. The molecule has 0 radical (unpaired) electrons. The molecule has 0 spiro atoms. The Morgan fingerprint density at radius 1 is 1.00 bits per heavy atom. The van der Waals surface area contributed by atoms with Crippen LogP contribution in [0.25, 0.3) is 0 Å². The zero-order valence-electron chi connectivity index (χ0n) is 13.5. The van der Waals surface area contributed by atoms with E-state index in [0.717, 1.165) is 38.0 Å². The van der Waals surface area contributed by atoms with Crippen molar-refractivity contribution < 1.29 is 4.79 Å². The summed E-state index contributed by atoms with van der Waals surface area (Å²) in [6.45, 7) is 3.66. The van der Waals surface area contributed by atoms with Crippen LogP contribution in [0.4, 0.5) is 0 Å². The van der Waals surface area contributed by atoms with E-state index in [2.05, 4.69) is 26.6 Å². The number of aromatic nitrogens is 2. The van der Waals surface area contributed by atoms with Crippen molar-refractivity contribution in [1.29, 1.82) is 0 Å². The van der Waals surface area contributed by atoms with Crippen LogP contribution in [0.15, 0.2) is 12.4 Å². The van der Waals surface area contributed by atoms with E-state index < -0.39 is 0 Å². The average Bonchev–Trinajstić information content (AvgIpc) is 3.47. The Bertz CT molecular complexity index is 546. The van der Waals surface area contributed by atoms with Gasteiger partial charge in [0.1, 0.15) is 5.82 Å². The van der Waals surface area contributed by atoms with Gasteiger partial charge < -0.3 is 4.90 Å². The maximum absolute atomic E-state index is 12.6. The second-order valence-corrected chi connectivity index (χ2v) is 8.00. The smallest absolute Gasteiger partial charge is 0.257 e. The normalized spacial score (nSPS) is 23.9. The summed E-state index contributed by atoms with van der Waals surface area (Å²) in [7, 11) is 0. The summed E-state index contributed by atoms with van der Waals surface area (Å²) in [4.78, 5) is 25.9. The van der Waals surface area contributed by atoms with Crippen molar-refractivity contribution in [2.45, 2.75) is 37.6 Å². The maximum Gasteiger partial charge on any atom is 0.257 e. The molecular formula is C17H24N4OS. The van der Waals surface area contributed by atoms with Gasteiger partial charge in [0.15, 0.2) is 0 Å².